The van der Waals surface area contributed by atoms with Crippen LogP contribution in [0.3, 0.4) is 0 Å². The molecule has 2 heteroatoms. The van der Waals surface area contributed by atoms with Gasteiger partial charge in [-0.15, -0.1) is 0 Å². The molecule has 0 bridgehead atoms. The summed E-state index contributed by atoms with van der Waals surface area (Å²) in [6, 6.07) is 22.1. The standard InChI is InChI=1S/C23H22OSi/c1-23(2)16-10-6-5-9-15(16)21-17(23)13-14-20-22(21)24-18-11-7-8-12-19(18)25(20,3)4/h5-14H,1-4H3. The van der Waals surface area contributed by atoms with Crippen LogP contribution in [0.1, 0.15) is 25.0 Å². The minimum absolute atomic E-state index is 0.0208. The summed E-state index contributed by atoms with van der Waals surface area (Å²) in [5, 5.41) is 2.81. The fraction of sp³-hybridized carbons (Fsp3) is 0.217. The SMILES string of the molecule is CC1(C)c2ccccc2-c2c1ccc1c2Oc2ccccc2[Si]1(C)C. The van der Waals surface area contributed by atoms with Crippen molar-refractivity contribution >= 4 is 18.4 Å². The quantitative estimate of drug-likeness (QED) is 0.527. The predicted octanol–water partition coefficient (Wildman–Crippen LogP) is 4.92. The summed E-state index contributed by atoms with van der Waals surface area (Å²) in [7, 11) is -1.77. The van der Waals surface area contributed by atoms with Crippen molar-refractivity contribution in [1.82, 2.24) is 0 Å². The van der Waals surface area contributed by atoms with E-state index >= 15 is 0 Å². The third-order valence-electron chi connectivity index (χ3n) is 6.15. The molecule has 0 saturated heterocycles. The maximum absolute atomic E-state index is 6.54. The van der Waals surface area contributed by atoms with Crippen molar-refractivity contribution in [2.75, 3.05) is 0 Å². The van der Waals surface area contributed by atoms with E-state index in [0.717, 1.165) is 11.5 Å². The summed E-state index contributed by atoms with van der Waals surface area (Å²) in [5.74, 6) is 2.15. The highest BCUT2D eigenvalue weighted by Crippen LogP contribution is 2.53. The summed E-state index contributed by atoms with van der Waals surface area (Å²) >= 11 is 0. The summed E-state index contributed by atoms with van der Waals surface area (Å²) in [4.78, 5) is 0. The highest BCUT2D eigenvalue weighted by atomic mass is 28.3. The van der Waals surface area contributed by atoms with E-state index in [-0.39, 0.29) is 5.41 Å². The Morgan fingerprint density at radius 2 is 1.48 bits per heavy atom. The van der Waals surface area contributed by atoms with Gasteiger partial charge in [-0.1, -0.05) is 81.5 Å². The lowest BCUT2D eigenvalue weighted by molar-refractivity contribution is 0.487. The molecule has 1 aliphatic carbocycles. The molecule has 1 nitrogen and oxygen atoms in total. The van der Waals surface area contributed by atoms with Crippen LogP contribution in [0.5, 0.6) is 11.5 Å². The van der Waals surface area contributed by atoms with E-state index in [9.17, 15) is 0 Å². The summed E-state index contributed by atoms with van der Waals surface area (Å²) in [6.45, 7) is 9.52. The molecule has 0 spiro atoms. The first-order valence-corrected chi connectivity index (χ1v) is 12.0. The zero-order valence-corrected chi connectivity index (χ0v) is 16.2. The fourth-order valence-corrected chi connectivity index (χ4v) is 7.48. The van der Waals surface area contributed by atoms with Crippen molar-refractivity contribution in [3.63, 3.8) is 0 Å². The van der Waals surface area contributed by atoms with Gasteiger partial charge >= 0.3 is 0 Å². The van der Waals surface area contributed by atoms with Crippen molar-refractivity contribution < 1.29 is 4.74 Å². The molecule has 2 aliphatic rings. The molecular weight excluding hydrogens is 320 g/mol. The van der Waals surface area contributed by atoms with Crippen LogP contribution in [0.2, 0.25) is 13.1 Å². The first kappa shape index (κ1) is 15.0. The van der Waals surface area contributed by atoms with Crippen molar-refractivity contribution in [2.45, 2.75) is 32.4 Å². The summed E-state index contributed by atoms with van der Waals surface area (Å²) < 4.78 is 6.54. The fourth-order valence-electron chi connectivity index (χ4n) is 4.69. The summed E-state index contributed by atoms with van der Waals surface area (Å²) in [5.41, 5.74) is 5.46. The maximum atomic E-state index is 6.54. The van der Waals surface area contributed by atoms with Crippen LogP contribution in [0.15, 0.2) is 60.7 Å². The van der Waals surface area contributed by atoms with Gasteiger partial charge in [0, 0.05) is 11.0 Å². The predicted molar refractivity (Wildman–Crippen MR) is 107 cm³/mol. The molecule has 0 amide bonds. The number of ether oxygens (including phenoxy) is 1. The molecule has 3 aromatic carbocycles. The van der Waals surface area contributed by atoms with E-state index in [1.165, 1.54) is 32.6 Å². The lowest BCUT2D eigenvalue weighted by Gasteiger charge is -2.34. The average Bonchev–Trinajstić information content (AvgIpc) is 2.84. The second-order valence-corrected chi connectivity index (χ2v) is 12.6. The Morgan fingerprint density at radius 1 is 0.760 bits per heavy atom. The maximum Gasteiger partial charge on any atom is 0.135 e. The number of hydrogen-bond donors (Lipinski definition) is 0. The van der Waals surface area contributed by atoms with Gasteiger partial charge in [0.25, 0.3) is 0 Å². The molecule has 0 radical (unpaired) electrons. The molecule has 0 saturated carbocycles. The number of hydrogen-bond acceptors (Lipinski definition) is 1. The Kier molecular flexibility index (Phi) is 2.78. The molecular formula is C23H22OSi. The monoisotopic (exact) mass is 342 g/mol. The van der Waals surface area contributed by atoms with Gasteiger partial charge in [0.2, 0.25) is 0 Å². The second-order valence-electron chi connectivity index (χ2n) is 8.26. The largest absolute Gasteiger partial charge is 0.457 e. The topological polar surface area (TPSA) is 9.23 Å². The van der Waals surface area contributed by atoms with Gasteiger partial charge < -0.3 is 4.74 Å². The average molecular weight is 343 g/mol. The molecule has 3 aromatic rings. The van der Waals surface area contributed by atoms with Crippen molar-refractivity contribution in [1.29, 1.82) is 0 Å². The Balaban J connectivity index is 1.86. The van der Waals surface area contributed by atoms with E-state index < -0.39 is 8.07 Å². The highest BCUT2D eigenvalue weighted by Gasteiger charge is 2.43. The Bertz CT molecular complexity index is 1030. The van der Waals surface area contributed by atoms with Gasteiger partial charge in [0.15, 0.2) is 0 Å². The highest BCUT2D eigenvalue weighted by molar-refractivity contribution is 7.01. The molecule has 0 fully saturated rings. The van der Waals surface area contributed by atoms with Crippen molar-refractivity contribution in [3.05, 3.63) is 71.8 Å². The van der Waals surface area contributed by atoms with Crippen LogP contribution in [0.4, 0.5) is 0 Å². The molecule has 1 heterocycles. The number of benzene rings is 3. The lowest BCUT2D eigenvalue weighted by atomic mass is 9.82. The van der Waals surface area contributed by atoms with Crippen LogP contribution >= 0.6 is 0 Å². The van der Waals surface area contributed by atoms with Gasteiger partial charge in [-0.2, -0.15) is 0 Å². The molecule has 25 heavy (non-hydrogen) atoms. The first-order chi connectivity index (χ1) is 11.9. The van der Waals surface area contributed by atoms with E-state index in [2.05, 4.69) is 87.6 Å². The third-order valence-corrected chi connectivity index (χ3v) is 9.65. The van der Waals surface area contributed by atoms with E-state index in [1.54, 1.807) is 0 Å². The lowest BCUT2D eigenvalue weighted by Crippen LogP contribution is -2.56. The van der Waals surface area contributed by atoms with Crippen molar-refractivity contribution in [2.24, 2.45) is 0 Å². The minimum Gasteiger partial charge on any atom is -0.457 e. The molecule has 0 unspecified atom stereocenters. The minimum atomic E-state index is -1.77. The van der Waals surface area contributed by atoms with E-state index in [1.807, 2.05) is 0 Å². The van der Waals surface area contributed by atoms with Gasteiger partial charge in [-0.05, 0) is 33.1 Å². The molecule has 124 valence electrons. The molecule has 1 aliphatic heterocycles. The molecule has 0 N–H and O–H groups in total. The van der Waals surface area contributed by atoms with Crippen LogP contribution in [0, 0.1) is 0 Å². The second kappa shape index (κ2) is 4.64. The van der Waals surface area contributed by atoms with Crippen LogP contribution in [-0.4, -0.2) is 8.07 Å². The van der Waals surface area contributed by atoms with Gasteiger partial charge in [-0.3, -0.25) is 0 Å². The Hall–Kier alpha value is -2.32. The molecule has 0 aromatic heterocycles. The first-order valence-electron chi connectivity index (χ1n) is 8.97. The normalized spacial score (nSPS) is 17.8. The summed E-state index contributed by atoms with van der Waals surface area (Å²) in [6.07, 6.45) is 0. The number of rotatable bonds is 0. The van der Waals surface area contributed by atoms with Crippen LogP contribution in [0.25, 0.3) is 11.1 Å². The van der Waals surface area contributed by atoms with Crippen LogP contribution in [-0.2, 0) is 5.41 Å². The Morgan fingerprint density at radius 3 is 2.32 bits per heavy atom. The van der Waals surface area contributed by atoms with Crippen LogP contribution < -0.4 is 15.1 Å². The smallest absolute Gasteiger partial charge is 0.135 e. The van der Waals surface area contributed by atoms with Gasteiger partial charge in [0.1, 0.15) is 19.6 Å². The molecule has 5 rings (SSSR count). The van der Waals surface area contributed by atoms with Gasteiger partial charge in [-0.25, -0.2) is 0 Å². The zero-order valence-electron chi connectivity index (χ0n) is 15.2. The van der Waals surface area contributed by atoms with Gasteiger partial charge in [0.05, 0.1) is 0 Å². The zero-order chi connectivity index (χ0) is 17.4. The number of para-hydroxylation sites is 1. The van der Waals surface area contributed by atoms with E-state index in [0.29, 0.717) is 0 Å². The number of fused-ring (bicyclic) bond motifs is 6. The Labute approximate surface area is 150 Å². The molecule has 0 atom stereocenters. The van der Waals surface area contributed by atoms with E-state index in [4.69, 9.17) is 4.74 Å². The van der Waals surface area contributed by atoms with Crippen molar-refractivity contribution in [3.8, 4) is 22.6 Å². The third kappa shape index (κ3) is 1.78.